The third-order valence-electron chi connectivity index (χ3n) is 3.85. The van der Waals surface area contributed by atoms with Gasteiger partial charge < -0.3 is 16.4 Å². The minimum Gasteiger partial charge on any atom is -0.352 e. The summed E-state index contributed by atoms with van der Waals surface area (Å²) in [5.74, 6) is -0.207. The molecule has 0 saturated heterocycles. The van der Waals surface area contributed by atoms with E-state index in [1.807, 2.05) is 36.4 Å². The summed E-state index contributed by atoms with van der Waals surface area (Å²) in [4.78, 5) is 27.3. The fourth-order valence-electron chi connectivity index (χ4n) is 2.53. The molecule has 1 heterocycles. The quantitative estimate of drug-likeness (QED) is 0.662. The van der Waals surface area contributed by atoms with Crippen LogP contribution in [-0.4, -0.2) is 16.9 Å². The number of nitrogens with two attached hydrogens (primary N) is 1. The Morgan fingerprint density at radius 1 is 0.923 bits per heavy atom. The van der Waals surface area contributed by atoms with Gasteiger partial charge in [0.05, 0.1) is 0 Å². The zero-order valence-corrected chi connectivity index (χ0v) is 14.0. The van der Waals surface area contributed by atoms with Crippen LogP contribution in [-0.2, 0) is 6.54 Å². The van der Waals surface area contributed by atoms with Crippen LogP contribution in [0.2, 0.25) is 0 Å². The summed E-state index contributed by atoms with van der Waals surface area (Å²) in [5.41, 5.74) is 9.06. The van der Waals surface area contributed by atoms with Crippen LogP contribution in [0.15, 0.2) is 73.1 Å². The molecule has 4 N–H and O–H groups in total. The Morgan fingerprint density at radius 3 is 2.31 bits per heavy atom. The number of carbonyl (C=O) groups is 2. The highest BCUT2D eigenvalue weighted by Gasteiger charge is 2.10. The Balaban J connectivity index is 1.75. The smallest absolute Gasteiger partial charge is 0.312 e. The number of aromatic nitrogens is 1. The van der Waals surface area contributed by atoms with Crippen molar-refractivity contribution in [1.29, 1.82) is 0 Å². The molecule has 0 unspecified atom stereocenters. The molecule has 0 bridgehead atoms. The van der Waals surface area contributed by atoms with Crippen LogP contribution in [0, 0.1) is 0 Å². The van der Waals surface area contributed by atoms with Crippen molar-refractivity contribution in [1.82, 2.24) is 10.3 Å². The number of carbonyl (C=O) groups excluding carboxylic acids is 2. The summed E-state index contributed by atoms with van der Waals surface area (Å²) in [7, 11) is 0. The molecule has 6 nitrogen and oxygen atoms in total. The van der Waals surface area contributed by atoms with Crippen LogP contribution >= 0.6 is 0 Å². The summed E-state index contributed by atoms with van der Waals surface area (Å²) in [5, 5.41) is 5.46. The summed E-state index contributed by atoms with van der Waals surface area (Å²) in [6.45, 7) is 0.322. The molecule has 0 atom stereocenters. The fourth-order valence-corrected chi connectivity index (χ4v) is 2.53. The molecule has 3 aromatic rings. The lowest BCUT2D eigenvalue weighted by Crippen LogP contribution is -2.28. The lowest BCUT2D eigenvalue weighted by atomic mass is 10.0. The Morgan fingerprint density at radius 2 is 1.62 bits per heavy atom. The zero-order valence-electron chi connectivity index (χ0n) is 14.0. The van der Waals surface area contributed by atoms with E-state index in [1.165, 1.54) is 0 Å². The first-order chi connectivity index (χ1) is 12.6. The standard InChI is InChI=1S/C20H18N4O2/c21-20(26)23-13-14-5-7-16(8-6-14)19(25)24-18-4-2-1-3-17(18)15-9-11-22-12-10-15/h1-12H,13H2,(H,24,25)(H3,21,23,26). The molecule has 6 heteroatoms. The van der Waals surface area contributed by atoms with E-state index in [-0.39, 0.29) is 5.91 Å². The Kier molecular flexibility index (Phi) is 5.24. The first kappa shape index (κ1) is 17.2. The van der Waals surface area contributed by atoms with Crippen LogP contribution in [0.3, 0.4) is 0 Å². The molecule has 0 radical (unpaired) electrons. The second kappa shape index (κ2) is 7.94. The van der Waals surface area contributed by atoms with Crippen molar-refractivity contribution < 1.29 is 9.59 Å². The number of urea groups is 1. The molecule has 0 fully saturated rings. The molecule has 0 aliphatic carbocycles. The summed E-state index contributed by atoms with van der Waals surface area (Å²) in [6, 6.07) is 17.8. The molecule has 130 valence electrons. The second-order valence-corrected chi connectivity index (χ2v) is 5.65. The number of pyridine rings is 1. The van der Waals surface area contributed by atoms with Gasteiger partial charge in [-0.3, -0.25) is 9.78 Å². The summed E-state index contributed by atoms with van der Waals surface area (Å²) < 4.78 is 0. The molecule has 0 saturated carbocycles. The van der Waals surface area contributed by atoms with E-state index in [2.05, 4.69) is 15.6 Å². The van der Waals surface area contributed by atoms with E-state index in [1.54, 1.807) is 36.7 Å². The van der Waals surface area contributed by atoms with Crippen molar-refractivity contribution in [2.45, 2.75) is 6.54 Å². The third kappa shape index (κ3) is 4.24. The minimum absolute atomic E-state index is 0.207. The first-order valence-corrected chi connectivity index (χ1v) is 8.06. The van der Waals surface area contributed by atoms with E-state index in [0.717, 1.165) is 22.4 Å². The average Bonchev–Trinajstić information content (AvgIpc) is 2.68. The normalized spacial score (nSPS) is 10.2. The van der Waals surface area contributed by atoms with Crippen molar-refractivity contribution in [3.05, 3.63) is 84.2 Å². The molecular formula is C20H18N4O2. The van der Waals surface area contributed by atoms with E-state index in [4.69, 9.17) is 5.73 Å². The number of primary amides is 1. The van der Waals surface area contributed by atoms with Gasteiger partial charge >= 0.3 is 6.03 Å². The van der Waals surface area contributed by atoms with Crippen LogP contribution in [0.25, 0.3) is 11.1 Å². The molecule has 0 aliphatic heterocycles. The zero-order chi connectivity index (χ0) is 18.4. The maximum atomic E-state index is 12.6. The molecule has 3 amide bonds. The number of nitrogens with zero attached hydrogens (tertiary/aromatic N) is 1. The van der Waals surface area contributed by atoms with E-state index in [0.29, 0.717) is 12.1 Å². The van der Waals surface area contributed by atoms with Crippen molar-refractivity contribution in [2.24, 2.45) is 5.73 Å². The Hall–Kier alpha value is -3.67. The molecule has 0 spiro atoms. The highest BCUT2D eigenvalue weighted by molar-refractivity contribution is 6.06. The number of hydrogen-bond donors (Lipinski definition) is 3. The van der Waals surface area contributed by atoms with Gasteiger partial charge in [0.2, 0.25) is 0 Å². The summed E-state index contributed by atoms with van der Waals surface area (Å²) >= 11 is 0. The van der Waals surface area contributed by atoms with Gasteiger partial charge in [0.1, 0.15) is 0 Å². The Labute approximate surface area is 151 Å². The third-order valence-corrected chi connectivity index (χ3v) is 3.85. The van der Waals surface area contributed by atoms with E-state index >= 15 is 0 Å². The number of para-hydroxylation sites is 1. The molecule has 2 aromatic carbocycles. The van der Waals surface area contributed by atoms with Gasteiger partial charge in [-0.05, 0) is 41.5 Å². The predicted octanol–water partition coefficient (Wildman–Crippen LogP) is 3.17. The second-order valence-electron chi connectivity index (χ2n) is 5.65. The Bertz CT molecular complexity index is 909. The van der Waals surface area contributed by atoms with Gasteiger partial charge in [-0.2, -0.15) is 0 Å². The minimum atomic E-state index is -0.584. The lowest BCUT2D eigenvalue weighted by Gasteiger charge is -2.11. The van der Waals surface area contributed by atoms with Crippen molar-refractivity contribution in [2.75, 3.05) is 5.32 Å². The molecule has 26 heavy (non-hydrogen) atoms. The number of hydrogen-bond acceptors (Lipinski definition) is 3. The maximum absolute atomic E-state index is 12.6. The van der Waals surface area contributed by atoms with Crippen molar-refractivity contribution in [3.8, 4) is 11.1 Å². The van der Waals surface area contributed by atoms with Gasteiger partial charge in [-0.15, -0.1) is 0 Å². The van der Waals surface area contributed by atoms with E-state index in [9.17, 15) is 9.59 Å². The number of benzene rings is 2. The highest BCUT2D eigenvalue weighted by Crippen LogP contribution is 2.27. The van der Waals surface area contributed by atoms with Crippen LogP contribution in [0.1, 0.15) is 15.9 Å². The molecule has 0 aliphatic rings. The number of anilines is 1. The lowest BCUT2D eigenvalue weighted by molar-refractivity contribution is 0.102. The largest absolute Gasteiger partial charge is 0.352 e. The van der Waals surface area contributed by atoms with Crippen molar-refractivity contribution >= 4 is 17.6 Å². The van der Waals surface area contributed by atoms with Gasteiger partial charge in [0.15, 0.2) is 0 Å². The molecular weight excluding hydrogens is 328 g/mol. The first-order valence-electron chi connectivity index (χ1n) is 8.06. The van der Waals surface area contributed by atoms with E-state index < -0.39 is 6.03 Å². The fraction of sp³-hybridized carbons (Fsp3) is 0.0500. The predicted molar refractivity (Wildman–Crippen MR) is 100 cm³/mol. The number of amides is 3. The maximum Gasteiger partial charge on any atom is 0.312 e. The van der Waals surface area contributed by atoms with Crippen LogP contribution in [0.5, 0.6) is 0 Å². The van der Waals surface area contributed by atoms with Gasteiger partial charge in [-0.1, -0.05) is 30.3 Å². The van der Waals surface area contributed by atoms with Gasteiger partial charge in [-0.25, -0.2) is 4.79 Å². The SMILES string of the molecule is NC(=O)NCc1ccc(C(=O)Nc2ccccc2-c2ccncc2)cc1. The average molecular weight is 346 g/mol. The highest BCUT2D eigenvalue weighted by atomic mass is 16.2. The van der Waals surface area contributed by atoms with Gasteiger partial charge in [0, 0.05) is 35.8 Å². The molecule has 1 aromatic heterocycles. The number of rotatable bonds is 5. The van der Waals surface area contributed by atoms with Crippen molar-refractivity contribution in [3.63, 3.8) is 0 Å². The van der Waals surface area contributed by atoms with Crippen LogP contribution in [0.4, 0.5) is 10.5 Å². The monoisotopic (exact) mass is 346 g/mol. The van der Waals surface area contributed by atoms with Crippen LogP contribution < -0.4 is 16.4 Å². The molecule has 3 rings (SSSR count). The summed E-state index contributed by atoms with van der Waals surface area (Å²) in [6.07, 6.45) is 3.43. The number of nitrogens with one attached hydrogen (secondary N) is 2. The topological polar surface area (TPSA) is 97.1 Å². The van der Waals surface area contributed by atoms with Gasteiger partial charge in [0.25, 0.3) is 5.91 Å².